The quantitative estimate of drug-likeness (QED) is 0.797. The zero-order valence-corrected chi connectivity index (χ0v) is 11.3. The van der Waals surface area contributed by atoms with Crippen molar-refractivity contribution in [3.05, 3.63) is 58.6 Å². The zero-order chi connectivity index (χ0) is 15.4. The second-order valence-corrected chi connectivity index (χ2v) is 4.56. The standard InChI is InChI=1S/C14H10ClF4NO/c15-12-6-11(1-2-13(12)21-14(18)19)20-7-8-3-9(16)5-10(17)4-8/h1-6,14,20H,7H2. The molecule has 0 fully saturated rings. The molecule has 0 saturated heterocycles. The molecule has 0 radical (unpaired) electrons. The Labute approximate surface area is 123 Å². The fourth-order valence-electron chi connectivity index (χ4n) is 1.72. The molecule has 0 heterocycles. The Morgan fingerprint density at radius 1 is 1.05 bits per heavy atom. The molecule has 0 aliphatic rings. The van der Waals surface area contributed by atoms with Gasteiger partial charge in [-0.1, -0.05) is 11.6 Å². The second kappa shape index (κ2) is 6.67. The molecule has 21 heavy (non-hydrogen) atoms. The molecule has 2 nitrogen and oxygen atoms in total. The number of ether oxygens (including phenoxy) is 1. The average molecular weight is 320 g/mol. The van der Waals surface area contributed by atoms with Crippen molar-refractivity contribution in [2.75, 3.05) is 5.32 Å². The van der Waals surface area contributed by atoms with Crippen molar-refractivity contribution in [1.82, 2.24) is 0 Å². The topological polar surface area (TPSA) is 21.3 Å². The van der Waals surface area contributed by atoms with Crippen molar-refractivity contribution in [3.8, 4) is 5.75 Å². The predicted octanol–water partition coefficient (Wildman–Crippen LogP) is 4.83. The Bertz CT molecular complexity index is 616. The molecule has 2 rings (SSSR count). The van der Waals surface area contributed by atoms with Gasteiger partial charge in [0.1, 0.15) is 17.4 Å². The summed E-state index contributed by atoms with van der Waals surface area (Å²) in [7, 11) is 0. The number of halogens is 5. The van der Waals surface area contributed by atoms with Crippen molar-refractivity contribution in [2.45, 2.75) is 13.2 Å². The van der Waals surface area contributed by atoms with E-state index in [1.54, 1.807) is 0 Å². The minimum atomic E-state index is -2.96. The van der Waals surface area contributed by atoms with Crippen molar-refractivity contribution < 1.29 is 22.3 Å². The SMILES string of the molecule is Fc1cc(F)cc(CNc2ccc(OC(F)F)c(Cl)c2)c1. The van der Waals surface area contributed by atoms with Gasteiger partial charge in [-0.2, -0.15) is 8.78 Å². The van der Waals surface area contributed by atoms with Gasteiger partial charge >= 0.3 is 6.61 Å². The van der Waals surface area contributed by atoms with E-state index in [1.807, 2.05) is 0 Å². The van der Waals surface area contributed by atoms with E-state index in [0.717, 1.165) is 6.07 Å². The van der Waals surface area contributed by atoms with E-state index in [0.29, 0.717) is 11.3 Å². The smallest absolute Gasteiger partial charge is 0.387 e. The lowest BCUT2D eigenvalue weighted by atomic mass is 10.2. The third-order valence-corrected chi connectivity index (χ3v) is 2.86. The lowest BCUT2D eigenvalue weighted by molar-refractivity contribution is -0.0497. The predicted molar refractivity (Wildman–Crippen MR) is 71.8 cm³/mol. The van der Waals surface area contributed by atoms with Crippen LogP contribution in [-0.2, 0) is 6.54 Å². The lowest BCUT2D eigenvalue weighted by Crippen LogP contribution is -2.03. The molecule has 0 saturated carbocycles. The van der Waals surface area contributed by atoms with E-state index in [2.05, 4.69) is 10.1 Å². The zero-order valence-electron chi connectivity index (χ0n) is 10.5. The van der Waals surface area contributed by atoms with Crippen LogP contribution in [0, 0.1) is 11.6 Å². The largest absolute Gasteiger partial charge is 0.433 e. The van der Waals surface area contributed by atoms with Crippen LogP contribution in [0.2, 0.25) is 5.02 Å². The summed E-state index contributed by atoms with van der Waals surface area (Å²) < 4.78 is 54.4. The fraction of sp³-hybridized carbons (Fsp3) is 0.143. The first-order chi connectivity index (χ1) is 9.94. The van der Waals surface area contributed by atoms with E-state index < -0.39 is 18.2 Å². The van der Waals surface area contributed by atoms with Crippen molar-refractivity contribution in [3.63, 3.8) is 0 Å². The Balaban J connectivity index is 2.05. The first kappa shape index (κ1) is 15.4. The number of alkyl halides is 2. The lowest BCUT2D eigenvalue weighted by Gasteiger charge is -2.10. The number of nitrogens with one attached hydrogen (secondary N) is 1. The molecule has 7 heteroatoms. The fourth-order valence-corrected chi connectivity index (χ4v) is 1.94. The molecule has 112 valence electrons. The minimum Gasteiger partial charge on any atom is -0.433 e. The molecule has 0 aliphatic carbocycles. The van der Waals surface area contributed by atoms with Gasteiger partial charge in [0.15, 0.2) is 0 Å². The highest BCUT2D eigenvalue weighted by Crippen LogP contribution is 2.29. The molecule has 0 aliphatic heterocycles. The van der Waals surface area contributed by atoms with Gasteiger partial charge < -0.3 is 10.1 Å². The average Bonchev–Trinajstić information content (AvgIpc) is 2.38. The molecule has 0 atom stereocenters. The summed E-state index contributed by atoms with van der Waals surface area (Å²) in [5, 5.41) is 2.88. The van der Waals surface area contributed by atoms with Crippen LogP contribution in [-0.4, -0.2) is 6.61 Å². The van der Waals surface area contributed by atoms with Gasteiger partial charge in [-0.15, -0.1) is 0 Å². The van der Waals surface area contributed by atoms with Crippen LogP contribution < -0.4 is 10.1 Å². The number of hydrogen-bond donors (Lipinski definition) is 1. The Hall–Kier alpha value is -1.95. The number of benzene rings is 2. The third kappa shape index (κ3) is 4.53. The van der Waals surface area contributed by atoms with Gasteiger partial charge in [0, 0.05) is 18.3 Å². The van der Waals surface area contributed by atoms with Crippen LogP contribution in [0.5, 0.6) is 5.75 Å². The van der Waals surface area contributed by atoms with E-state index in [9.17, 15) is 17.6 Å². The van der Waals surface area contributed by atoms with Crippen LogP contribution in [0.25, 0.3) is 0 Å². The van der Waals surface area contributed by atoms with Gasteiger partial charge in [-0.25, -0.2) is 8.78 Å². The first-order valence-electron chi connectivity index (χ1n) is 5.87. The Kier molecular flexibility index (Phi) is 4.90. The molecule has 0 amide bonds. The maximum atomic E-state index is 13.0. The van der Waals surface area contributed by atoms with Gasteiger partial charge in [0.25, 0.3) is 0 Å². The Morgan fingerprint density at radius 2 is 1.71 bits per heavy atom. The van der Waals surface area contributed by atoms with Gasteiger partial charge in [0.05, 0.1) is 5.02 Å². The molecule has 0 bridgehead atoms. The van der Waals surface area contributed by atoms with Gasteiger partial charge in [0.2, 0.25) is 0 Å². The molecule has 0 aromatic heterocycles. The molecule has 0 spiro atoms. The molecule has 1 N–H and O–H groups in total. The Morgan fingerprint density at radius 3 is 2.29 bits per heavy atom. The normalized spacial score (nSPS) is 10.8. The van der Waals surface area contributed by atoms with Crippen LogP contribution >= 0.6 is 11.6 Å². The highest BCUT2D eigenvalue weighted by molar-refractivity contribution is 6.32. The van der Waals surface area contributed by atoms with Gasteiger partial charge in [-0.3, -0.25) is 0 Å². The van der Waals surface area contributed by atoms with Crippen molar-refractivity contribution >= 4 is 17.3 Å². The van der Waals surface area contributed by atoms with Crippen LogP contribution in [0.3, 0.4) is 0 Å². The van der Waals surface area contributed by atoms with Crippen molar-refractivity contribution in [1.29, 1.82) is 0 Å². The number of rotatable bonds is 5. The summed E-state index contributed by atoms with van der Waals surface area (Å²) in [4.78, 5) is 0. The summed E-state index contributed by atoms with van der Waals surface area (Å²) in [5.41, 5.74) is 0.905. The summed E-state index contributed by atoms with van der Waals surface area (Å²) in [6.45, 7) is -2.81. The molecule has 2 aromatic carbocycles. The summed E-state index contributed by atoms with van der Waals surface area (Å²) in [6, 6.07) is 7.28. The molecular weight excluding hydrogens is 310 g/mol. The third-order valence-electron chi connectivity index (χ3n) is 2.57. The highest BCUT2D eigenvalue weighted by Gasteiger charge is 2.09. The minimum absolute atomic E-state index is 0.00530. The summed E-state index contributed by atoms with van der Waals surface area (Å²) in [6.07, 6.45) is 0. The van der Waals surface area contributed by atoms with E-state index in [-0.39, 0.29) is 17.3 Å². The highest BCUT2D eigenvalue weighted by atomic mass is 35.5. The molecular formula is C14H10ClF4NO. The first-order valence-corrected chi connectivity index (χ1v) is 6.25. The molecule has 0 unspecified atom stereocenters. The number of anilines is 1. The summed E-state index contributed by atoms with van der Waals surface area (Å²) >= 11 is 5.79. The summed E-state index contributed by atoms with van der Waals surface area (Å²) in [5.74, 6) is -1.50. The van der Waals surface area contributed by atoms with Gasteiger partial charge in [-0.05, 0) is 35.9 Å². The second-order valence-electron chi connectivity index (χ2n) is 4.15. The van der Waals surface area contributed by atoms with Crippen LogP contribution in [0.1, 0.15) is 5.56 Å². The monoisotopic (exact) mass is 319 g/mol. The van der Waals surface area contributed by atoms with Crippen LogP contribution in [0.4, 0.5) is 23.2 Å². The van der Waals surface area contributed by atoms with E-state index >= 15 is 0 Å². The van der Waals surface area contributed by atoms with E-state index in [1.165, 1.54) is 30.3 Å². The van der Waals surface area contributed by atoms with Crippen LogP contribution in [0.15, 0.2) is 36.4 Å². The molecule has 2 aromatic rings. The number of hydrogen-bond acceptors (Lipinski definition) is 2. The maximum Gasteiger partial charge on any atom is 0.387 e. The maximum absolute atomic E-state index is 13.0. The van der Waals surface area contributed by atoms with Crippen molar-refractivity contribution in [2.24, 2.45) is 0 Å². The van der Waals surface area contributed by atoms with E-state index in [4.69, 9.17) is 11.6 Å².